The number of halogens is 1. The van der Waals surface area contributed by atoms with E-state index >= 15 is 0 Å². The molecular weight excluding hydrogens is 266 g/mol. The number of rotatable bonds is 4. The van der Waals surface area contributed by atoms with Gasteiger partial charge in [0.15, 0.2) is 0 Å². The molecule has 1 aliphatic rings. The van der Waals surface area contributed by atoms with Gasteiger partial charge in [-0.05, 0) is 25.7 Å². The van der Waals surface area contributed by atoms with Crippen molar-refractivity contribution in [1.29, 1.82) is 0 Å². The first kappa shape index (κ1) is 14.1. The van der Waals surface area contributed by atoms with Gasteiger partial charge in [-0.1, -0.05) is 17.7 Å². The third-order valence-electron chi connectivity index (χ3n) is 3.34. The van der Waals surface area contributed by atoms with Crippen LogP contribution in [-0.4, -0.2) is 27.0 Å². The van der Waals surface area contributed by atoms with E-state index in [0.29, 0.717) is 12.2 Å². The first-order valence-electron chi connectivity index (χ1n) is 6.43. The fraction of sp³-hybridized carbons (Fsp3) is 0.538. The second-order valence-corrected chi connectivity index (χ2v) is 5.18. The molecule has 104 valence electrons. The van der Waals surface area contributed by atoms with Crippen molar-refractivity contribution in [1.82, 2.24) is 9.78 Å². The Bertz CT molecular complexity index is 507. The molecule has 0 aliphatic heterocycles. The van der Waals surface area contributed by atoms with Gasteiger partial charge in [0.2, 0.25) is 0 Å². The van der Waals surface area contributed by atoms with Gasteiger partial charge in [0.1, 0.15) is 5.02 Å². The van der Waals surface area contributed by atoms with Crippen LogP contribution in [0.3, 0.4) is 0 Å². The summed E-state index contributed by atoms with van der Waals surface area (Å²) in [6.07, 6.45) is 6.25. The first-order valence-corrected chi connectivity index (χ1v) is 6.80. The van der Waals surface area contributed by atoms with Crippen LogP contribution in [0.15, 0.2) is 23.6 Å². The fourth-order valence-electron chi connectivity index (χ4n) is 2.26. The Morgan fingerprint density at radius 2 is 2.21 bits per heavy atom. The van der Waals surface area contributed by atoms with E-state index in [9.17, 15) is 9.90 Å². The highest BCUT2D eigenvalue weighted by molar-refractivity contribution is 6.32. The van der Waals surface area contributed by atoms with Crippen LogP contribution in [0.4, 0.5) is 5.69 Å². The maximum Gasteiger partial charge on any atom is 0.287 e. The lowest BCUT2D eigenvalue weighted by atomic mass is 9.93. The second kappa shape index (κ2) is 6.21. The molecule has 0 aromatic carbocycles. The molecule has 1 heterocycles. The van der Waals surface area contributed by atoms with Crippen LogP contribution in [0.5, 0.6) is 0 Å². The summed E-state index contributed by atoms with van der Waals surface area (Å²) < 4.78 is 1.27. The van der Waals surface area contributed by atoms with Crippen LogP contribution in [0.25, 0.3) is 0 Å². The zero-order valence-corrected chi connectivity index (χ0v) is 11.4. The molecule has 2 rings (SSSR count). The lowest BCUT2D eigenvalue weighted by Crippen LogP contribution is -2.30. The van der Waals surface area contributed by atoms with Crippen LogP contribution >= 0.6 is 11.6 Å². The predicted molar refractivity (Wildman–Crippen MR) is 75.6 cm³/mol. The van der Waals surface area contributed by atoms with Crippen LogP contribution in [-0.2, 0) is 6.54 Å². The van der Waals surface area contributed by atoms with Crippen molar-refractivity contribution >= 4 is 17.3 Å². The summed E-state index contributed by atoms with van der Waals surface area (Å²) in [6, 6.07) is 0.234. The summed E-state index contributed by atoms with van der Waals surface area (Å²) in [5.41, 5.74) is 0.246. The molecule has 0 bridgehead atoms. The SMILES string of the molecule is C=CCn1ncc(NC2CCC(O)CC2)c(Cl)c1=O. The summed E-state index contributed by atoms with van der Waals surface area (Å²) in [7, 11) is 0. The summed E-state index contributed by atoms with van der Waals surface area (Å²) >= 11 is 6.06. The molecule has 0 radical (unpaired) electrons. The lowest BCUT2D eigenvalue weighted by molar-refractivity contribution is 0.126. The molecule has 1 aromatic heterocycles. The standard InChI is InChI=1S/C13H18ClN3O2/c1-2-7-17-13(19)12(14)11(8-15-17)16-9-3-5-10(18)6-4-9/h2,8-10,16,18H,1,3-7H2. The van der Waals surface area contributed by atoms with E-state index in [1.807, 2.05) is 0 Å². The minimum absolute atomic E-state index is 0.156. The third kappa shape index (κ3) is 3.36. The maximum absolute atomic E-state index is 11.9. The molecule has 0 spiro atoms. The van der Waals surface area contributed by atoms with Gasteiger partial charge in [-0.15, -0.1) is 6.58 Å². The summed E-state index contributed by atoms with van der Waals surface area (Å²) in [4.78, 5) is 11.9. The number of allylic oxidation sites excluding steroid dienone is 1. The summed E-state index contributed by atoms with van der Waals surface area (Å²) in [5, 5.41) is 16.9. The third-order valence-corrected chi connectivity index (χ3v) is 3.71. The van der Waals surface area contributed by atoms with Gasteiger partial charge < -0.3 is 10.4 Å². The van der Waals surface area contributed by atoms with E-state index in [1.165, 1.54) is 4.68 Å². The topological polar surface area (TPSA) is 67.2 Å². The molecule has 2 N–H and O–H groups in total. The van der Waals surface area contributed by atoms with Crippen molar-refractivity contribution < 1.29 is 5.11 Å². The van der Waals surface area contributed by atoms with Gasteiger partial charge in [0, 0.05) is 6.04 Å². The van der Waals surface area contributed by atoms with Gasteiger partial charge in [-0.25, -0.2) is 4.68 Å². The average molecular weight is 284 g/mol. The number of nitrogens with one attached hydrogen (secondary N) is 1. The van der Waals surface area contributed by atoms with Crippen molar-refractivity contribution in [2.24, 2.45) is 0 Å². The van der Waals surface area contributed by atoms with Gasteiger partial charge >= 0.3 is 0 Å². The number of aromatic nitrogens is 2. The van der Waals surface area contributed by atoms with Crippen LogP contribution in [0, 0.1) is 0 Å². The Morgan fingerprint density at radius 1 is 1.53 bits per heavy atom. The highest BCUT2D eigenvalue weighted by atomic mass is 35.5. The summed E-state index contributed by atoms with van der Waals surface area (Å²) in [6.45, 7) is 3.91. The minimum Gasteiger partial charge on any atom is -0.393 e. The molecule has 0 atom stereocenters. The van der Waals surface area contributed by atoms with E-state index in [4.69, 9.17) is 11.6 Å². The Labute approximate surface area is 116 Å². The number of hydrogen-bond acceptors (Lipinski definition) is 4. The fourth-order valence-corrected chi connectivity index (χ4v) is 2.46. The van der Waals surface area contributed by atoms with E-state index in [0.717, 1.165) is 25.7 Å². The molecule has 1 saturated carbocycles. The molecule has 0 amide bonds. The molecule has 1 aliphatic carbocycles. The Kier molecular flexibility index (Phi) is 4.61. The van der Waals surface area contributed by atoms with Gasteiger partial charge in [-0.2, -0.15) is 5.10 Å². The largest absolute Gasteiger partial charge is 0.393 e. The van der Waals surface area contributed by atoms with Gasteiger partial charge in [0.25, 0.3) is 5.56 Å². The molecule has 1 fully saturated rings. The number of aliphatic hydroxyl groups excluding tert-OH is 1. The van der Waals surface area contributed by atoms with Crippen LogP contribution in [0.2, 0.25) is 5.02 Å². The molecular formula is C13H18ClN3O2. The molecule has 19 heavy (non-hydrogen) atoms. The highest BCUT2D eigenvalue weighted by Crippen LogP contribution is 2.24. The highest BCUT2D eigenvalue weighted by Gasteiger charge is 2.20. The van der Waals surface area contributed by atoms with Crippen molar-refractivity contribution in [2.45, 2.75) is 44.4 Å². The number of aliphatic hydroxyl groups is 1. The normalized spacial score (nSPS) is 23.1. The average Bonchev–Trinajstić information content (AvgIpc) is 2.41. The Balaban J connectivity index is 2.11. The maximum atomic E-state index is 11.9. The zero-order valence-electron chi connectivity index (χ0n) is 10.7. The molecule has 0 unspecified atom stereocenters. The van der Waals surface area contributed by atoms with Crippen LogP contribution in [0.1, 0.15) is 25.7 Å². The smallest absolute Gasteiger partial charge is 0.287 e. The van der Waals surface area contributed by atoms with Crippen molar-refractivity contribution in [3.63, 3.8) is 0 Å². The molecule has 0 saturated heterocycles. The Hall–Kier alpha value is -1.33. The quantitative estimate of drug-likeness (QED) is 0.827. The van der Waals surface area contributed by atoms with Gasteiger partial charge in [0.05, 0.1) is 24.5 Å². The number of nitrogens with zero attached hydrogens (tertiary/aromatic N) is 2. The van der Waals surface area contributed by atoms with Crippen molar-refractivity contribution in [3.8, 4) is 0 Å². The van der Waals surface area contributed by atoms with Crippen molar-refractivity contribution in [2.75, 3.05) is 5.32 Å². The minimum atomic E-state index is -0.317. The zero-order chi connectivity index (χ0) is 13.8. The summed E-state index contributed by atoms with van der Waals surface area (Å²) in [5.74, 6) is 0. The first-order chi connectivity index (χ1) is 9.11. The lowest BCUT2D eigenvalue weighted by Gasteiger charge is -2.27. The molecule has 6 heteroatoms. The van der Waals surface area contributed by atoms with Crippen molar-refractivity contribution in [3.05, 3.63) is 34.2 Å². The molecule has 1 aromatic rings. The molecule has 5 nitrogen and oxygen atoms in total. The van der Waals surface area contributed by atoms with E-state index in [2.05, 4.69) is 17.0 Å². The Morgan fingerprint density at radius 3 is 2.84 bits per heavy atom. The monoisotopic (exact) mass is 283 g/mol. The number of anilines is 1. The van der Waals surface area contributed by atoms with E-state index in [-0.39, 0.29) is 22.7 Å². The van der Waals surface area contributed by atoms with Gasteiger partial charge in [-0.3, -0.25) is 4.79 Å². The number of hydrogen-bond donors (Lipinski definition) is 2. The second-order valence-electron chi connectivity index (χ2n) is 4.80. The van der Waals surface area contributed by atoms with E-state index < -0.39 is 0 Å². The van der Waals surface area contributed by atoms with E-state index in [1.54, 1.807) is 12.3 Å². The predicted octanol–water partition coefficient (Wildman–Crippen LogP) is 1.80. The van der Waals surface area contributed by atoms with Crippen LogP contribution < -0.4 is 10.9 Å².